The first-order chi connectivity index (χ1) is 6.68. The molecule has 1 N–H and O–H groups in total. The van der Waals surface area contributed by atoms with Crippen LogP contribution in [0.2, 0.25) is 0 Å². The second kappa shape index (κ2) is 2.99. The van der Waals surface area contributed by atoms with Gasteiger partial charge in [0.25, 0.3) is 0 Å². The fraction of sp³-hybridized carbons (Fsp3) is 0. The molecule has 4 nitrogen and oxygen atoms in total. The predicted octanol–water partition coefficient (Wildman–Crippen LogP) is 2.25. The summed E-state index contributed by atoms with van der Waals surface area (Å²) in [5.74, 6) is -0.422. The molecule has 0 aliphatic carbocycles. The smallest absolute Gasteiger partial charge is 0.312 e. The van der Waals surface area contributed by atoms with E-state index < -0.39 is 10.7 Å². The van der Waals surface area contributed by atoms with Crippen LogP contribution in [0.1, 0.15) is 0 Å². The highest BCUT2D eigenvalue weighted by Crippen LogP contribution is 2.29. The summed E-state index contributed by atoms with van der Waals surface area (Å²) in [5.41, 5.74) is -0.316. The Labute approximate surface area is 79.6 Å². The van der Waals surface area contributed by atoms with Crippen LogP contribution in [0.3, 0.4) is 0 Å². The first-order valence-corrected chi connectivity index (χ1v) is 3.97. The van der Waals surface area contributed by atoms with Crippen molar-refractivity contribution in [1.82, 2.24) is 0 Å². The number of rotatable bonds is 1. The maximum Gasteiger partial charge on any atom is 0.312 e. The fourth-order valence-electron chi connectivity index (χ4n) is 1.28. The molecule has 0 aliphatic heterocycles. The van der Waals surface area contributed by atoms with Crippen LogP contribution in [0.15, 0.2) is 30.3 Å². The normalized spacial score (nSPS) is 10.3. The Balaban J connectivity index is 2.77. The van der Waals surface area contributed by atoms with Crippen molar-refractivity contribution in [3.8, 4) is 5.75 Å². The van der Waals surface area contributed by atoms with E-state index in [0.717, 1.165) is 0 Å². The molecule has 0 unspecified atom stereocenters. The zero-order valence-electron chi connectivity index (χ0n) is 7.10. The van der Waals surface area contributed by atoms with Gasteiger partial charge in [0.2, 0.25) is 5.75 Å². The summed E-state index contributed by atoms with van der Waals surface area (Å²) >= 11 is 0. The summed E-state index contributed by atoms with van der Waals surface area (Å²) in [6, 6.07) is 10.9. The molecule has 0 saturated heterocycles. The van der Waals surface area contributed by atoms with Crippen molar-refractivity contribution in [3.05, 3.63) is 46.5 Å². The van der Waals surface area contributed by atoms with Gasteiger partial charge >= 0.3 is 5.69 Å². The average Bonchev–Trinajstić information content (AvgIpc) is 2.16. The third-order valence-corrected chi connectivity index (χ3v) is 1.95. The summed E-state index contributed by atoms with van der Waals surface area (Å²) in [6.07, 6.45) is 0. The van der Waals surface area contributed by atoms with Gasteiger partial charge in [0.05, 0.1) is 4.92 Å². The lowest BCUT2D eigenvalue weighted by molar-refractivity contribution is -0.385. The Morgan fingerprint density at radius 1 is 1.36 bits per heavy atom. The second-order valence-electron chi connectivity index (χ2n) is 2.85. The Bertz CT molecular complexity index is 508. The van der Waals surface area contributed by atoms with Crippen LogP contribution >= 0.6 is 0 Å². The lowest BCUT2D eigenvalue weighted by Crippen LogP contribution is -1.88. The quantitative estimate of drug-likeness (QED) is 0.551. The first-order valence-electron chi connectivity index (χ1n) is 3.97. The number of aromatic hydroxyl groups is 1. The molecular weight excluding hydrogens is 182 g/mol. The summed E-state index contributed by atoms with van der Waals surface area (Å²) in [5, 5.41) is 21.1. The van der Waals surface area contributed by atoms with Crippen molar-refractivity contribution in [2.24, 2.45) is 0 Å². The van der Waals surface area contributed by atoms with Crippen LogP contribution in [-0.4, -0.2) is 10.0 Å². The van der Waals surface area contributed by atoms with Gasteiger partial charge in [-0.25, -0.2) is 0 Å². The number of nitrogens with zero attached hydrogens (tertiary/aromatic N) is 1. The minimum Gasteiger partial charge on any atom is -0.502 e. The molecule has 1 radical (unpaired) electrons. The number of phenolic OH excluding ortho intramolecular Hbond substituents is 1. The van der Waals surface area contributed by atoms with Crippen molar-refractivity contribution < 1.29 is 10.0 Å². The zero-order chi connectivity index (χ0) is 10.1. The van der Waals surface area contributed by atoms with Gasteiger partial charge in [-0.1, -0.05) is 24.3 Å². The largest absolute Gasteiger partial charge is 0.502 e. The molecule has 14 heavy (non-hydrogen) atoms. The standard InChI is InChI=1S/C10H6NO3/c12-10-6-8-4-2-1-3-7(8)5-9(10)11(13)14/h1-5,12H. The Morgan fingerprint density at radius 2 is 2.07 bits per heavy atom. The minimum absolute atomic E-state index is 0.316. The van der Waals surface area contributed by atoms with Crippen molar-refractivity contribution in [1.29, 1.82) is 0 Å². The van der Waals surface area contributed by atoms with E-state index in [1.165, 1.54) is 6.07 Å². The molecule has 0 bridgehead atoms. The van der Waals surface area contributed by atoms with Gasteiger partial charge < -0.3 is 5.11 Å². The number of hydrogen-bond donors (Lipinski definition) is 1. The van der Waals surface area contributed by atoms with Gasteiger partial charge in [0.1, 0.15) is 0 Å². The molecule has 4 heteroatoms. The van der Waals surface area contributed by atoms with Crippen molar-refractivity contribution in [3.63, 3.8) is 0 Å². The highest BCUT2D eigenvalue weighted by Gasteiger charge is 2.13. The summed E-state index contributed by atoms with van der Waals surface area (Å²) in [4.78, 5) is 9.86. The predicted molar refractivity (Wildman–Crippen MR) is 51.1 cm³/mol. The van der Waals surface area contributed by atoms with Gasteiger partial charge in [-0.3, -0.25) is 10.1 Å². The highest BCUT2D eigenvalue weighted by molar-refractivity contribution is 5.86. The lowest BCUT2D eigenvalue weighted by Gasteiger charge is -1.98. The molecule has 2 rings (SSSR count). The van der Waals surface area contributed by atoms with Gasteiger partial charge in [0, 0.05) is 12.1 Å². The first kappa shape index (κ1) is 8.50. The molecule has 69 valence electrons. The molecule has 0 atom stereocenters. The maximum atomic E-state index is 10.5. The number of nitro benzene ring substituents is 1. The number of nitro groups is 1. The van der Waals surface area contributed by atoms with E-state index in [9.17, 15) is 15.2 Å². The van der Waals surface area contributed by atoms with E-state index >= 15 is 0 Å². The van der Waals surface area contributed by atoms with E-state index in [1.54, 1.807) is 24.3 Å². The van der Waals surface area contributed by atoms with Crippen LogP contribution in [0.4, 0.5) is 5.69 Å². The van der Waals surface area contributed by atoms with Crippen molar-refractivity contribution in [2.75, 3.05) is 0 Å². The van der Waals surface area contributed by atoms with E-state index in [2.05, 4.69) is 6.07 Å². The molecule has 0 fully saturated rings. The molecule has 0 saturated carbocycles. The zero-order valence-corrected chi connectivity index (χ0v) is 7.10. The Morgan fingerprint density at radius 3 is 2.79 bits per heavy atom. The van der Waals surface area contributed by atoms with Crippen LogP contribution in [0.5, 0.6) is 5.75 Å². The summed E-state index contributed by atoms with van der Waals surface area (Å²) < 4.78 is 0. The van der Waals surface area contributed by atoms with Crippen LogP contribution in [0.25, 0.3) is 10.8 Å². The van der Waals surface area contributed by atoms with Crippen molar-refractivity contribution in [2.45, 2.75) is 0 Å². The second-order valence-corrected chi connectivity index (χ2v) is 2.85. The number of benzene rings is 2. The van der Waals surface area contributed by atoms with Gasteiger partial charge in [-0.05, 0) is 10.8 Å². The highest BCUT2D eigenvalue weighted by atomic mass is 16.6. The average molecular weight is 188 g/mol. The van der Waals surface area contributed by atoms with E-state index in [1.807, 2.05) is 0 Å². The third kappa shape index (κ3) is 1.26. The van der Waals surface area contributed by atoms with E-state index in [4.69, 9.17) is 0 Å². The number of fused-ring (bicyclic) bond motifs is 1. The van der Waals surface area contributed by atoms with E-state index in [0.29, 0.717) is 10.8 Å². The monoisotopic (exact) mass is 188 g/mol. The summed E-state index contributed by atoms with van der Waals surface area (Å²) in [7, 11) is 0. The Hall–Kier alpha value is -2.10. The lowest BCUT2D eigenvalue weighted by atomic mass is 10.1. The molecule has 2 aromatic carbocycles. The fourth-order valence-corrected chi connectivity index (χ4v) is 1.28. The molecule has 0 heterocycles. The molecule has 0 amide bonds. The topological polar surface area (TPSA) is 63.4 Å². The summed E-state index contributed by atoms with van der Waals surface area (Å²) in [6.45, 7) is 0. The SMILES string of the molecule is O=[N+]([O-])c1cc2ccccc2[c]c1O. The van der Waals surface area contributed by atoms with Gasteiger partial charge in [-0.15, -0.1) is 0 Å². The van der Waals surface area contributed by atoms with Crippen molar-refractivity contribution >= 4 is 16.5 Å². The third-order valence-electron chi connectivity index (χ3n) is 1.95. The van der Waals surface area contributed by atoms with Crippen LogP contribution < -0.4 is 0 Å². The van der Waals surface area contributed by atoms with E-state index in [-0.39, 0.29) is 5.69 Å². The Kier molecular flexibility index (Phi) is 1.81. The van der Waals surface area contributed by atoms with Gasteiger partial charge in [-0.2, -0.15) is 0 Å². The molecule has 2 aromatic rings. The molecular formula is C10H6NO3. The molecule has 0 spiro atoms. The van der Waals surface area contributed by atoms with Gasteiger partial charge in [0.15, 0.2) is 0 Å². The minimum atomic E-state index is -0.627. The van der Waals surface area contributed by atoms with Crippen LogP contribution in [-0.2, 0) is 0 Å². The maximum absolute atomic E-state index is 10.5. The molecule has 0 aromatic heterocycles. The molecule has 0 aliphatic rings. The number of phenols is 1. The number of hydrogen-bond acceptors (Lipinski definition) is 3. The van der Waals surface area contributed by atoms with Crippen LogP contribution in [0, 0.1) is 16.2 Å².